The summed E-state index contributed by atoms with van der Waals surface area (Å²) in [6.45, 7) is 5.45. The number of benzene rings is 2. The highest BCUT2D eigenvalue weighted by Crippen LogP contribution is 2.28. The van der Waals surface area contributed by atoms with Gasteiger partial charge in [-0.25, -0.2) is 0 Å². The van der Waals surface area contributed by atoms with Crippen LogP contribution in [0.1, 0.15) is 32.8 Å². The standard InChI is InChI=1S/C24H30Cl2N2O5/c1-6-15(2)27-24(30)16(3)28(13-17-7-8-21(25)22(26)9-17)23(29)14-33-20-11-18(31-4)10-19(12-20)32-5/h7-12,15-16H,6,13-14H2,1-5H3,(H,27,30). The van der Waals surface area contributed by atoms with Crippen LogP contribution >= 0.6 is 23.2 Å². The highest BCUT2D eigenvalue weighted by atomic mass is 35.5. The molecule has 0 radical (unpaired) electrons. The molecule has 2 amide bonds. The van der Waals surface area contributed by atoms with E-state index in [0.29, 0.717) is 27.3 Å². The smallest absolute Gasteiger partial charge is 0.261 e. The van der Waals surface area contributed by atoms with Gasteiger partial charge in [0.2, 0.25) is 5.91 Å². The molecule has 0 saturated carbocycles. The maximum atomic E-state index is 13.2. The zero-order chi connectivity index (χ0) is 24.5. The van der Waals surface area contributed by atoms with Crippen molar-refractivity contribution in [3.8, 4) is 17.2 Å². The molecule has 180 valence electrons. The van der Waals surface area contributed by atoms with Crippen LogP contribution in [0.5, 0.6) is 17.2 Å². The molecule has 0 aliphatic rings. The van der Waals surface area contributed by atoms with Gasteiger partial charge in [0.15, 0.2) is 6.61 Å². The van der Waals surface area contributed by atoms with E-state index in [9.17, 15) is 9.59 Å². The van der Waals surface area contributed by atoms with Crippen molar-refractivity contribution in [3.63, 3.8) is 0 Å². The summed E-state index contributed by atoms with van der Waals surface area (Å²) >= 11 is 12.2. The Balaban J connectivity index is 2.22. The molecular formula is C24H30Cl2N2O5. The molecule has 0 aliphatic heterocycles. The Morgan fingerprint density at radius 3 is 2.12 bits per heavy atom. The number of ether oxygens (including phenoxy) is 3. The van der Waals surface area contributed by atoms with E-state index in [1.807, 2.05) is 13.8 Å². The first-order chi connectivity index (χ1) is 15.7. The quantitative estimate of drug-likeness (QED) is 0.486. The number of nitrogens with zero attached hydrogens (tertiary/aromatic N) is 1. The minimum absolute atomic E-state index is 0.0117. The SMILES string of the molecule is CCC(C)NC(=O)C(C)N(Cc1ccc(Cl)c(Cl)c1)C(=O)COc1cc(OC)cc(OC)c1. The summed E-state index contributed by atoms with van der Waals surface area (Å²) in [4.78, 5) is 27.4. The fraction of sp³-hybridized carbons (Fsp3) is 0.417. The predicted molar refractivity (Wildman–Crippen MR) is 129 cm³/mol. The second-order valence-electron chi connectivity index (χ2n) is 7.60. The van der Waals surface area contributed by atoms with Gasteiger partial charge in [-0.2, -0.15) is 0 Å². The third-order valence-corrected chi connectivity index (χ3v) is 5.93. The number of carbonyl (C=O) groups is 2. The van der Waals surface area contributed by atoms with Gasteiger partial charge < -0.3 is 24.4 Å². The van der Waals surface area contributed by atoms with E-state index < -0.39 is 6.04 Å². The molecule has 0 aliphatic carbocycles. The van der Waals surface area contributed by atoms with Crippen LogP contribution in [-0.4, -0.2) is 49.6 Å². The van der Waals surface area contributed by atoms with Gasteiger partial charge in [0.05, 0.1) is 24.3 Å². The lowest BCUT2D eigenvalue weighted by molar-refractivity contribution is -0.142. The van der Waals surface area contributed by atoms with E-state index in [1.165, 1.54) is 19.1 Å². The van der Waals surface area contributed by atoms with Gasteiger partial charge in [-0.1, -0.05) is 36.2 Å². The lowest BCUT2D eigenvalue weighted by Crippen LogP contribution is -2.50. The van der Waals surface area contributed by atoms with Crippen LogP contribution in [0.4, 0.5) is 0 Å². The molecule has 2 atom stereocenters. The summed E-state index contributed by atoms with van der Waals surface area (Å²) in [5.74, 6) is 0.859. The number of hydrogen-bond acceptors (Lipinski definition) is 5. The van der Waals surface area contributed by atoms with Gasteiger partial charge in [0, 0.05) is 30.8 Å². The van der Waals surface area contributed by atoms with Gasteiger partial charge in [-0.15, -0.1) is 0 Å². The summed E-state index contributed by atoms with van der Waals surface area (Å²) in [5.41, 5.74) is 0.740. The highest BCUT2D eigenvalue weighted by molar-refractivity contribution is 6.42. The average molecular weight is 497 g/mol. The maximum Gasteiger partial charge on any atom is 0.261 e. The van der Waals surface area contributed by atoms with Crippen molar-refractivity contribution in [1.82, 2.24) is 10.2 Å². The Bertz CT molecular complexity index is 948. The molecular weight excluding hydrogens is 467 g/mol. The van der Waals surface area contributed by atoms with Gasteiger partial charge in [-0.05, 0) is 38.0 Å². The molecule has 2 unspecified atom stereocenters. The molecule has 0 aromatic heterocycles. The molecule has 7 nitrogen and oxygen atoms in total. The fourth-order valence-electron chi connectivity index (χ4n) is 2.98. The molecule has 0 saturated heterocycles. The van der Waals surface area contributed by atoms with Crippen LogP contribution in [0, 0.1) is 0 Å². The summed E-state index contributed by atoms with van der Waals surface area (Å²) < 4.78 is 16.2. The van der Waals surface area contributed by atoms with Crippen LogP contribution in [0.2, 0.25) is 10.0 Å². The van der Waals surface area contributed by atoms with Crippen molar-refractivity contribution in [2.75, 3.05) is 20.8 Å². The van der Waals surface area contributed by atoms with Crippen molar-refractivity contribution in [1.29, 1.82) is 0 Å². The van der Waals surface area contributed by atoms with E-state index in [2.05, 4.69) is 5.32 Å². The number of rotatable bonds is 11. The Hall–Kier alpha value is -2.64. The van der Waals surface area contributed by atoms with E-state index in [0.717, 1.165) is 12.0 Å². The van der Waals surface area contributed by atoms with Crippen LogP contribution in [0.3, 0.4) is 0 Å². The summed E-state index contributed by atoms with van der Waals surface area (Å²) in [6, 6.07) is 9.36. The van der Waals surface area contributed by atoms with Crippen molar-refractivity contribution in [3.05, 3.63) is 52.0 Å². The maximum absolute atomic E-state index is 13.2. The first kappa shape index (κ1) is 26.6. The third-order valence-electron chi connectivity index (χ3n) is 5.19. The first-order valence-corrected chi connectivity index (χ1v) is 11.3. The number of carbonyl (C=O) groups excluding carboxylic acids is 2. The van der Waals surface area contributed by atoms with Crippen LogP contribution < -0.4 is 19.5 Å². The van der Waals surface area contributed by atoms with Gasteiger partial charge in [0.1, 0.15) is 23.3 Å². The number of methoxy groups -OCH3 is 2. The summed E-state index contributed by atoms with van der Waals surface area (Å²) in [5, 5.41) is 3.71. The number of hydrogen-bond donors (Lipinski definition) is 1. The fourth-order valence-corrected chi connectivity index (χ4v) is 3.30. The Kier molecular flexibility index (Phi) is 10.1. The predicted octanol–water partition coefficient (Wildman–Crippen LogP) is 4.72. The monoisotopic (exact) mass is 496 g/mol. The van der Waals surface area contributed by atoms with E-state index in [4.69, 9.17) is 37.4 Å². The van der Waals surface area contributed by atoms with Crippen molar-refractivity contribution in [2.45, 2.75) is 45.8 Å². The number of nitrogens with one attached hydrogen (secondary N) is 1. The topological polar surface area (TPSA) is 77.1 Å². The van der Waals surface area contributed by atoms with Crippen molar-refractivity contribution >= 4 is 35.0 Å². The lowest BCUT2D eigenvalue weighted by Gasteiger charge is -2.29. The van der Waals surface area contributed by atoms with E-state index in [-0.39, 0.29) is 31.0 Å². The zero-order valence-electron chi connectivity index (χ0n) is 19.5. The molecule has 1 N–H and O–H groups in total. The van der Waals surface area contributed by atoms with Gasteiger partial charge in [-0.3, -0.25) is 9.59 Å². The largest absolute Gasteiger partial charge is 0.496 e. The highest BCUT2D eigenvalue weighted by Gasteiger charge is 2.27. The molecule has 2 aromatic rings. The molecule has 0 heterocycles. The minimum atomic E-state index is -0.732. The van der Waals surface area contributed by atoms with E-state index >= 15 is 0 Å². The van der Waals surface area contributed by atoms with Crippen molar-refractivity contribution in [2.24, 2.45) is 0 Å². The van der Waals surface area contributed by atoms with Gasteiger partial charge >= 0.3 is 0 Å². The third kappa shape index (κ3) is 7.72. The average Bonchev–Trinajstić information content (AvgIpc) is 2.82. The van der Waals surface area contributed by atoms with Crippen LogP contribution in [0.15, 0.2) is 36.4 Å². The molecule has 9 heteroatoms. The van der Waals surface area contributed by atoms with Crippen LogP contribution in [0.25, 0.3) is 0 Å². The van der Waals surface area contributed by atoms with E-state index in [1.54, 1.807) is 43.3 Å². The zero-order valence-corrected chi connectivity index (χ0v) is 21.0. The van der Waals surface area contributed by atoms with Crippen LogP contribution in [-0.2, 0) is 16.1 Å². The first-order valence-electron chi connectivity index (χ1n) is 10.6. The molecule has 0 bridgehead atoms. The number of amides is 2. The van der Waals surface area contributed by atoms with Crippen molar-refractivity contribution < 1.29 is 23.8 Å². The lowest BCUT2D eigenvalue weighted by atomic mass is 10.1. The summed E-state index contributed by atoms with van der Waals surface area (Å²) in [6.07, 6.45) is 0.778. The molecule has 2 rings (SSSR count). The molecule has 0 fully saturated rings. The number of halogens is 2. The Labute approximate surface area is 204 Å². The second-order valence-corrected chi connectivity index (χ2v) is 8.42. The molecule has 33 heavy (non-hydrogen) atoms. The molecule has 2 aromatic carbocycles. The normalized spacial score (nSPS) is 12.5. The minimum Gasteiger partial charge on any atom is -0.496 e. The summed E-state index contributed by atoms with van der Waals surface area (Å²) in [7, 11) is 3.06. The Morgan fingerprint density at radius 1 is 0.970 bits per heavy atom. The molecule has 0 spiro atoms. The van der Waals surface area contributed by atoms with Gasteiger partial charge in [0.25, 0.3) is 5.91 Å². The second kappa shape index (κ2) is 12.6. The Morgan fingerprint density at radius 2 is 1.58 bits per heavy atom.